The van der Waals surface area contributed by atoms with Crippen LogP contribution in [0.2, 0.25) is 0 Å². The van der Waals surface area contributed by atoms with Crippen LogP contribution in [0.1, 0.15) is 10.5 Å². The monoisotopic (exact) mass is 402 g/mol. The van der Waals surface area contributed by atoms with Gasteiger partial charge in [0.15, 0.2) is 0 Å². The Morgan fingerprint density at radius 1 is 1.36 bits per heavy atom. The highest BCUT2D eigenvalue weighted by atomic mass is 79.9. The van der Waals surface area contributed by atoms with E-state index >= 15 is 0 Å². The van der Waals surface area contributed by atoms with Crippen LogP contribution in [0.4, 0.5) is 5.69 Å². The van der Waals surface area contributed by atoms with Crippen LogP contribution in [-0.2, 0) is 4.74 Å². The Morgan fingerprint density at radius 3 is 2.72 bits per heavy atom. The van der Waals surface area contributed by atoms with Crippen LogP contribution >= 0.6 is 15.9 Å². The SMILES string of the molecule is CN(C)C=C(C#N)C(=O)c1cc2cc(N3CCOCC3)c(Br)cc2[nH]1. The van der Waals surface area contributed by atoms with Crippen molar-refractivity contribution in [2.45, 2.75) is 0 Å². The molecule has 0 amide bonds. The summed E-state index contributed by atoms with van der Waals surface area (Å²) in [7, 11) is 3.56. The fourth-order valence-electron chi connectivity index (χ4n) is 2.85. The molecule has 1 aromatic heterocycles. The van der Waals surface area contributed by atoms with Crippen LogP contribution in [-0.4, -0.2) is 56.1 Å². The van der Waals surface area contributed by atoms with E-state index in [0.29, 0.717) is 18.9 Å². The van der Waals surface area contributed by atoms with Crippen molar-refractivity contribution in [1.29, 1.82) is 5.26 Å². The van der Waals surface area contributed by atoms with Crippen molar-refractivity contribution in [2.24, 2.45) is 0 Å². The van der Waals surface area contributed by atoms with E-state index < -0.39 is 0 Å². The Bertz CT molecular complexity index is 873. The van der Waals surface area contributed by atoms with Crippen molar-refractivity contribution in [2.75, 3.05) is 45.3 Å². The molecular weight excluding hydrogens is 384 g/mol. The molecule has 0 bridgehead atoms. The lowest BCUT2D eigenvalue weighted by Crippen LogP contribution is -2.36. The standard InChI is InChI=1S/C18H19BrN4O2/c1-22(2)11-13(10-20)18(24)16-7-12-8-17(14(19)9-15(12)21-16)23-3-5-25-6-4-23/h7-9,11,21H,3-6H2,1-2H3. The second-order valence-corrected chi connectivity index (χ2v) is 6.97. The first-order valence-electron chi connectivity index (χ1n) is 7.97. The number of aromatic nitrogens is 1. The molecule has 0 radical (unpaired) electrons. The van der Waals surface area contributed by atoms with Gasteiger partial charge >= 0.3 is 0 Å². The maximum atomic E-state index is 12.6. The van der Waals surface area contributed by atoms with Crippen LogP contribution in [0.15, 0.2) is 34.4 Å². The van der Waals surface area contributed by atoms with E-state index in [0.717, 1.165) is 34.2 Å². The number of hydrogen-bond acceptors (Lipinski definition) is 5. The number of benzene rings is 1. The molecule has 1 aromatic carbocycles. The molecule has 2 heterocycles. The summed E-state index contributed by atoms with van der Waals surface area (Å²) < 4.78 is 6.37. The lowest BCUT2D eigenvalue weighted by Gasteiger charge is -2.29. The van der Waals surface area contributed by atoms with Gasteiger partial charge in [0.1, 0.15) is 11.6 Å². The maximum absolute atomic E-state index is 12.6. The van der Waals surface area contributed by atoms with Gasteiger partial charge in [-0.15, -0.1) is 0 Å². The first kappa shape index (κ1) is 17.5. The number of Topliss-reactive ketones (excluding diaryl/α,β-unsaturated/α-hetero) is 1. The summed E-state index contributed by atoms with van der Waals surface area (Å²) in [6, 6.07) is 7.80. The number of ether oxygens (including phenoxy) is 1. The summed E-state index contributed by atoms with van der Waals surface area (Å²) in [5, 5.41) is 10.2. The fourth-order valence-corrected chi connectivity index (χ4v) is 3.45. The average molecular weight is 403 g/mol. The van der Waals surface area contributed by atoms with Crippen molar-refractivity contribution in [1.82, 2.24) is 9.88 Å². The summed E-state index contributed by atoms with van der Waals surface area (Å²) in [5.74, 6) is -0.309. The number of aromatic amines is 1. The third-order valence-corrected chi connectivity index (χ3v) is 4.67. The second-order valence-electron chi connectivity index (χ2n) is 6.12. The zero-order chi connectivity index (χ0) is 18.0. The molecule has 0 atom stereocenters. The van der Waals surface area contributed by atoms with E-state index in [4.69, 9.17) is 4.74 Å². The van der Waals surface area contributed by atoms with E-state index in [-0.39, 0.29) is 11.4 Å². The molecule has 25 heavy (non-hydrogen) atoms. The minimum absolute atomic E-state index is 0.101. The number of anilines is 1. The molecule has 1 aliphatic rings. The number of carbonyl (C=O) groups excluding carboxylic acids is 1. The number of hydrogen-bond donors (Lipinski definition) is 1. The van der Waals surface area contributed by atoms with Gasteiger partial charge in [-0.25, -0.2) is 0 Å². The van der Waals surface area contributed by atoms with Gasteiger partial charge in [-0.3, -0.25) is 4.79 Å². The van der Waals surface area contributed by atoms with Gasteiger partial charge in [0.05, 0.1) is 24.6 Å². The Morgan fingerprint density at radius 2 is 2.08 bits per heavy atom. The van der Waals surface area contributed by atoms with Crippen LogP contribution in [0.3, 0.4) is 0 Å². The summed E-state index contributed by atoms with van der Waals surface area (Å²) in [5.41, 5.74) is 2.45. The number of fused-ring (bicyclic) bond motifs is 1. The highest BCUT2D eigenvalue weighted by Crippen LogP contribution is 2.32. The van der Waals surface area contributed by atoms with Gasteiger partial charge in [0.25, 0.3) is 0 Å². The van der Waals surface area contributed by atoms with Gasteiger partial charge < -0.3 is 19.5 Å². The van der Waals surface area contributed by atoms with E-state index in [9.17, 15) is 10.1 Å². The van der Waals surface area contributed by atoms with Crippen molar-refractivity contribution in [3.05, 3.63) is 40.1 Å². The van der Waals surface area contributed by atoms with E-state index in [1.165, 1.54) is 6.20 Å². The zero-order valence-electron chi connectivity index (χ0n) is 14.2. The fraction of sp³-hybridized carbons (Fsp3) is 0.333. The van der Waals surface area contributed by atoms with Crippen molar-refractivity contribution in [3.8, 4) is 6.07 Å². The van der Waals surface area contributed by atoms with Crippen molar-refractivity contribution < 1.29 is 9.53 Å². The molecule has 6 nitrogen and oxygen atoms in total. The van der Waals surface area contributed by atoms with E-state index in [2.05, 4.69) is 31.9 Å². The first-order chi connectivity index (χ1) is 12.0. The van der Waals surface area contributed by atoms with Crippen LogP contribution in [0, 0.1) is 11.3 Å². The van der Waals surface area contributed by atoms with Gasteiger partial charge in [0, 0.05) is 48.8 Å². The molecule has 1 aliphatic heterocycles. The topological polar surface area (TPSA) is 72.4 Å². The normalized spacial score (nSPS) is 15.3. The summed E-state index contributed by atoms with van der Waals surface area (Å²) in [4.78, 5) is 19.6. The predicted molar refractivity (Wildman–Crippen MR) is 101 cm³/mol. The van der Waals surface area contributed by atoms with Gasteiger partial charge in [-0.2, -0.15) is 5.26 Å². The van der Waals surface area contributed by atoms with Crippen LogP contribution in [0.5, 0.6) is 0 Å². The Balaban J connectivity index is 1.97. The number of nitriles is 1. The number of morpholine rings is 1. The quantitative estimate of drug-likeness (QED) is 0.483. The number of nitrogens with one attached hydrogen (secondary N) is 1. The number of halogens is 1. The predicted octanol–water partition coefficient (Wildman–Crippen LogP) is 2.92. The van der Waals surface area contributed by atoms with E-state index in [1.807, 2.05) is 12.1 Å². The highest BCUT2D eigenvalue weighted by molar-refractivity contribution is 9.10. The third-order valence-electron chi connectivity index (χ3n) is 4.04. The molecule has 7 heteroatoms. The number of H-pyrrole nitrogens is 1. The molecule has 130 valence electrons. The lowest BCUT2D eigenvalue weighted by atomic mass is 10.1. The number of nitrogens with zero attached hydrogens (tertiary/aromatic N) is 3. The van der Waals surface area contributed by atoms with Crippen molar-refractivity contribution >= 4 is 38.3 Å². The molecular formula is C18H19BrN4O2. The maximum Gasteiger partial charge on any atom is 0.221 e. The largest absolute Gasteiger partial charge is 0.382 e. The van der Waals surface area contributed by atoms with Gasteiger partial charge in [-0.05, 0) is 34.1 Å². The van der Waals surface area contributed by atoms with E-state index in [1.54, 1.807) is 25.1 Å². The second kappa shape index (κ2) is 7.30. The summed E-state index contributed by atoms with van der Waals surface area (Å²) in [6.07, 6.45) is 1.53. The average Bonchev–Trinajstić information content (AvgIpc) is 3.01. The molecule has 1 N–H and O–H groups in total. The van der Waals surface area contributed by atoms with Crippen molar-refractivity contribution in [3.63, 3.8) is 0 Å². The molecule has 3 rings (SSSR count). The van der Waals surface area contributed by atoms with Crippen LogP contribution in [0.25, 0.3) is 10.9 Å². The molecule has 0 aliphatic carbocycles. The number of rotatable bonds is 4. The number of carbonyl (C=O) groups is 1. The number of ketones is 1. The Hall–Kier alpha value is -2.30. The van der Waals surface area contributed by atoms with Gasteiger partial charge in [-0.1, -0.05) is 0 Å². The third kappa shape index (κ3) is 3.70. The Labute approximate surface area is 154 Å². The minimum Gasteiger partial charge on any atom is -0.382 e. The molecule has 0 saturated carbocycles. The summed E-state index contributed by atoms with van der Waals surface area (Å²) >= 11 is 3.62. The van der Waals surface area contributed by atoms with Gasteiger partial charge in [0.2, 0.25) is 5.78 Å². The smallest absolute Gasteiger partial charge is 0.221 e. The Kier molecular flexibility index (Phi) is 5.11. The summed E-state index contributed by atoms with van der Waals surface area (Å²) in [6.45, 7) is 3.10. The lowest BCUT2D eigenvalue weighted by molar-refractivity contribution is 0.103. The molecule has 2 aromatic rings. The highest BCUT2D eigenvalue weighted by Gasteiger charge is 2.18. The first-order valence-corrected chi connectivity index (χ1v) is 8.77. The molecule has 0 spiro atoms. The molecule has 0 unspecified atom stereocenters. The van der Waals surface area contributed by atoms with Crippen LogP contribution < -0.4 is 4.90 Å². The molecule has 1 saturated heterocycles. The minimum atomic E-state index is -0.309. The number of allylic oxidation sites excluding steroid dienone is 1. The molecule has 1 fully saturated rings. The zero-order valence-corrected chi connectivity index (χ0v) is 15.8.